The summed E-state index contributed by atoms with van der Waals surface area (Å²) in [6.45, 7) is 4.39. The molecule has 1 rings (SSSR count). The molecule has 2 N–H and O–H groups in total. The van der Waals surface area contributed by atoms with Crippen molar-refractivity contribution < 1.29 is 14.6 Å². The molecule has 1 fully saturated rings. The number of amides is 1. The maximum atomic E-state index is 11.7. The van der Waals surface area contributed by atoms with Gasteiger partial charge in [0.1, 0.15) is 6.10 Å². The van der Waals surface area contributed by atoms with E-state index in [4.69, 9.17) is 4.74 Å². The van der Waals surface area contributed by atoms with Crippen LogP contribution in [0, 0.1) is 0 Å². The number of hydrogen-bond donors (Lipinski definition) is 2. The number of rotatable bonds is 5. The Morgan fingerprint density at radius 1 is 1.69 bits per heavy atom. The highest BCUT2D eigenvalue weighted by atomic mass is 16.5. The maximum Gasteiger partial charge on any atom is 0.250 e. The lowest BCUT2D eigenvalue weighted by molar-refractivity contribution is -0.138. The molecule has 16 heavy (non-hydrogen) atoms. The van der Waals surface area contributed by atoms with Crippen molar-refractivity contribution in [1.82, 2.24) is 10.2 Å². The number of nitrogens with one attached hydrogen (secondary N) is 1. The first kappa shape index (κ1) is 13.4. The summed E-state index contributed by atoms with van der Waals surface area (Å²) in [6.07, 6.45) is 0.786. The van der Waals surface area contributed by atoms with E-state index in [2.05, 4.69) is 10.2 Å². The molecular weight excluding hydrogens is 208 g/mol. The van der Waals surface area contributed by atoms with E-state index in [1.807, 2.05) is 14.0 Å². The van der Waals surface area contributed by atoms with Crippen LogP contribution in [0.15, 0.2) is 0 Å². The second-order valence-electron chi connectivity index (χ2n) is 4.31. The van der Waals surface area contributed by atoms with Crippen molar-refractivity contribution in [2.24, 2.45) is 0 Å². The van der Waals surface area contributed by atoms with Gasteiger partial charge in [-0.25, -0.2) is 0 Å². The number of morpholine rings is 1. The number of carbonyl (C=O) groups is 1. The molecule has 2 atom stereocenters. The van der Waals surface area contributed by atoms with Gasteiger partial charge in [0.25, 0.3) is 5.91 Å². The van der Waals surface area contributed by atoms with Gasteiger partial charge in [0.15, 0.2) is 0 Å². The van der Waals surface area contributed by atoms with E-state index >= 15 is 0 Å². The minimum Gasteiger partial charge on any atom is -0.391 e. The number of aliphatic hydroxyl groups is 1. The molecule has 0 spiro atoms. The molecule has 0 aromatic heterocycles. The summed E-state index contributed by atoms with van der Waals surface area (Å²) in [7, 11) is 1.97. The van der Waals surface area contributed by atoms with Crippen LogP contribution >= 0.6 is 0 Å². The Labute approximate surface area is 96.8 Å². The van der Waals surface area contributed by atoms with Gasteiger partial charge < -0.3 is 20.1 Å². The molecule has 0 radical (unpaired) electrons. The van der Waals surface area contributed by atoms with E-state index in [1.165, 1.54) is 0 Å². The summed E-state index contributed by atoms with van der Waals surface area (Å²) in [5.41, 5.74) is 0. The average Bonchev–Trinajstić information content (AvgIpc) is 2.26. The van der Waals surface area contributed by atoms with Gasteiger partial charge in [-0.2, -0.15) is 0 Å². The summed E-state index contributed by atoms with van der Waals surface area (Å²) >= 11 is 0. The van der Waals surface area contributed by atoms with Gasteiger partial charge in [0.2, 0.25) is 0 Å². The van der Waals surface area contributed by atoms with E-state index in [-0.39, 0.29) is 5.91 Å². The molecule has 5 heteroatoms. The summed E-state index contributed by atoms with van der Waals surface area (Å²) in [6, 6.07) is 0. The Morgan fingerprint density at radius 3 is 3.06 bits per heavy atom. The highest BCUT2D eigenvalue weighted by Gasteiger charge is 2.24. The number of hydrogen-bond acceptors (Lipinski definition) is 4. The quantitative estimate of drug-likeness (QED) is 0.674. The molecule has 94 valence electrons. The summed E-state index contributed by atoms with van der Waals surface area (Å²) in [5, 5.41) is 12.2. The first-order valence-corrected chi connectivity index (χ1v) is 5.89. The number of aliphatic hydroxyl groups excluding tert-OH is 1. The maximum absolute atomic E-state index is 11.7. The Balaban J connectivity index is 2.23. The van der Waals surface area contributed by atoms with Crippen molar-refractivity contribution in [1.29, 1.82) is 0 Å². The van der Waals surface area contributed by atoms with Crippen LogP contribution in [0.4, 0.5) is 0 Å². The monoisotopic (exact) mass is 230 g/mol. The zero-order chi connectivity index (χ0) is 12.0. The predicted molar refractivity (Wildman–Crippen MR) is 61.2 cm³/mol. The number of ether oxygens (including phenoxy) is 1. The average molecular weight is 230 g/mol. The van der Waals surface area contributed by atoms with Crippen LogP contribution in [0.3, 0.4) is 0 Å². The van der Waals surface area contributed by atoms with E-state index in [1.54, 1.807) is 0 Å². The van der Waals surface area contributed by atoms with Gasteiger partial charge in [-0.15, -0.1) is 0 Å². The zero-order valence-electron chi connectivity index (χ0n) is 10.1. The first-order chi connectivity index (χ1) is 7.63. The second-order valence-corrected chi connectivity index (χ2v) is 4.31. The molecule has 0 saturated carbocycles. The number of carbonyl (C=O) groups excluding carboxylic acids is 1. The van der Waals surface area contributed by atoms with Crippen molar-refractivity contribution in [3.05, 3.63) is 0 Å². The molecule has 0 aromatic rings. The molecule has 1 aliphatic heterocycles. The molecule has 2 unspecified atom stereocenters. The highest BCUT2D eigenvalue weighted by molar-refractivity contribution is 5.81. The Bertz CT molecular complexity index is 223. The van der Waals surface area contributed by atoms with E-state index in [0.717, 1.165) is 13.0 Å². The van der Waals surface area contributed by atoms with Crippen LogP contribution in [0.2, 0.25) is 0 Å². The van der Waals surface area contributed by atoms with Crippen LogP contribution in [0.25, 0.3) is 0 Å². The van der Waals surface area contributed by atoms with Crippen LogP contribution < -0.4 is 5.32 Å². The normalized spacial score (nSPS) is 24.1. The fourth-order valence-corrected chi connectivity index (χ4v) is 1.70. The summed E-state index contributed by atoms with van der Waals surface area (Å²) in [5.74, 6) is -0.123. The third-order valence-corrected chi connectivity index (χ3v) is 2.70. The molecule has 0 aromatic carbocycles. The lowest BCUT2D eigenvalue weighted by Crippen LogP contribution is -2.49. The molecular formula is C11H22N2O3. The lowest BCUT2D eigenvalue weighted by Gasteiger charge is -2.29. The lowest BCUT2D eigenvalue weighted by atomic mass is 10.2. The fourth-order valence-electron chi connectivity index (χ4n) is 1.70. The highest BCUT2D eigenvalue weighted by Crippen LogP contribution is 2.03. The number of likely N-dealkylation sites (N-methyl/N-ethyl adjacent to an activating group) is 1. The van der Waals surface area contributed by atoms with Gasteiger partial charge in [-0.05, 0) is 13.5 Å². The minimum absolute atomic E-state index is 0.123. The van der Waals surface area contributed by atoms with Gasteiger partial charge in [-0.1, -0.05) is 13.3 Å². The standard InChI is InChI=1S/C11H22N2O3/c1-3-4-9(14)7-12-11(15)10-8-13(2)5-6-16-10/h9-10,14H,3-8H2,1-2H3,(H,12,15). The van der Waals surface area contributed by atoms with E-state index < -0.39 is 12.2 Å². The zero-order valence-corrected chi connectivity index (χ0v) is 10.1. The molecule has 0 aliphatic carbocycles. The molecule has 1 heterocycles. The Kier molecular flexibility index (Phi) is 5.73. The third-order valence-electron chi connectivity index (χ3n) is 2.70. The van der Waals surface area contributed by atoms with Gasteiger partial charge in [0, 0.05) is 19.6 Å². The largest absolute Gasteiger partial charge is 0.391 e. The molecule has 5 nitrogen and oxygen atoms in total. The van der Waals surface area contributed by atoms with Gasteiger partial charge in [-0.3, -0.25) is 4.79 Å². The predicted octanol–water partition coefficient (Wildman–Crippen LogP) is -0.406. The fraction of sp³-hybridized carbons (Fsp3) is 0.909. The van der Waals surface area contributed by atoms with Crippen molar-refractivity contribution in [2.45, 2.75) is 32.0 Å². The van der Waals surface area contributed by atoms with Crippen molar-refractivity contribution in [2.75, 3.05) is 33.3 Å². The third kappa shape index (κ3) is 4.47. The van der Waals surface area contributed by atoms with Gasteiger partial charge >= 0.3 is 0 Å². The number of nitrogens with zero attached hydrogens (tertiary/aromatic N) is 1. The van der Waals surface area contributed by atoms with E-state index in [0.29, 0.717) is 26.1 Å². The molecule has 1 amide bonds. The van der Waals surface area contributed by atoms with Crippen molar-refractivity contribution >= 4 is 5.91 Å². The molecule has 0 bridgehead atoms. The van der Waals surface area contributed by atoms with Crippen LogP contribution in [-0.4, -0.2) is 61.4 Å². The Morgan fingerprint density at radius 2 is 2.44 bits per heavy atom. The minimum atomic E-state index is -0.449. The second kappa shape index (κ2) is 6.83. The van der Waals surface area contributed by atoms with Crippen molar-refractivity contribution in [3.8, 4) is 0 Å². The van der Waals surface area contributed by atoms with Gasteiger partial charge in [0.05, 0.1) is 12.7 Å². The van der Waals surface area contributed by atoms with Crippen LogP contribution in [0.5, 0.6) is 0 Å². The van der Waals surface area contributed by atoms with Crippen LogP contribution in [-0.2, 0) is 9.53 Å². The molecule has 1 aliphatic rings. The molecule has 1 saturated heterocycles. The Hall–Kier alpha value is -0.650. The van der Waals surface area contributed by atoms with Crippen molar-refractivity contribution in [3.63, 3.8) is 0 Å². The van der Waals surface area contributed by atoms with E-state index in [9.17, 15) is 9.90 Å². The topological polar surface area (TPSA) is 61.8 Å². The van der Waals surface area contributed by atoms with Crippen LogP contribution in [0.1, 0.15) is 19.8 Å². The smallest absolute Gasteiger partial charge is 0.250 e. The summed E-state index contributed by atoms with van der Waals surface area (Å²) in [4.78, 5) is 13.7. The SMILES string of the molecule is CCCC(O)CNC(=O)C1CN(C)CCO1. The first-order valence-electron chi connectivity index (χ1n) is 5.89. The summed E-state index contributed by atoms with van der Waals surface area (Å²) < 4.78 is 5.37.